The van der Waals surface area contributed by atoms with Crippen LogP contribution in [0.4, 0.5) is 0 Å². The van der Waals surface area contributed by atoms with Crippen molar-refractivity contribution in [2.75, 3.05) is 4.43 Å². The van der Waals surface area contributed by atoms with Crippen LogP contribution in [0, 0.1) is 0 Å². The SMILES string of the molecule is ICCCc1nnc(-c2ccc3ccccc3c2)o1. The monoisotopic (exact) mass is 364 g/mol. The Kier molecular flexibility index (Phi) is 3.77. The molecule has 19 heavy (non-hydrogen) atoms. The van der Waals surface area contributed by atoms with Gasteiger partial charge in [-0.05, 0) is 29.3 Å². The van der Waals surface area contributed by atoms with Gasteiger partial charge < -0.3 is 4.42 Å². The zero-order valence-electron chi connectivity index (χ0n) is 10.3. The number of hydrogen-bond donors (Lipinski definition) is 0. The van der Waals surface area contributed by atoms with Gasteiger partial charge in [-0.2, -0.15) is 0 Å². The van der Waals surface area contributed by atoms with Gasteiger partial charge in [-0.25, -0.2) is 0 Å². The summed E-state index contributed by atoms with van der Waals surface area (Å²) >= 11 is 2.35. The molecule has 3 nitrogen and oxygen atoms in total. The number of fused-ring (bicyclic) bond motifs is 1. The van der Waals surface area contributed by atoms with Crippen molar-refractivity contribution < 1.29 is 4.42 Å². The van der Waals surface area contributed by atoms with E-state index in [0.717, 1.165) is 28.7 Å². The lowest BCUT2D eigenvalue weighted by atomic mass is 10.1. The predicted octanol–water partition coefficient (Wildman–Crippen LogP) is 4.26. The summed E-state index contributed by atoms with van der Waals surface area (Å²) < 4.78 is 6.80. The second kappa shape index (κ2) is 5.69. The van der Waals surface area contributed by atoms with Gasteiger partial charge >= 0.3 is 0 Å². The minimum Gasteiger partial charge on any atom is -0.421 e. The predicted molar refractivity (Wildman–Crippen MR) is 84.4 cm³/mol. The Labute approximate surface area is 125 Å². The van der Waals surface area contributed by atoms with Crippen molar-refractivity contribution in [1.29, 1.82) is 0 Å². The second-order valence-corrected chi connectivity index (χ2v) is 5.43. The molecule has 0 saturated heterocycles. The fraction of sp³-hybridized carbons (Fsp3) is 0.200. The van der Waals surface area contributed by atoms with Crippen molar-refractivity contribution >= 4 is 33.4 Å². The van der Waals surface area contributed by atoms with E-state index in [1.54, 1.807) is 0 Å². The van der Waals surface area contributed by atoms with Crippen LogP contribution in [-0.4, -0.2) is 14.6 Å². The minimum absolute atomic E-state index is 0.606. The Bertz CT molecular complexity index is 693. The van der Waals surface area contributed by atoms with Gasteiger partial charge in [-0.15, -0.1) is 10.2 Å². The van der Waals surface area contributed by atoms with Crippen LogP contribution in [0.2, 0.25) is 0 Å². The maximum absolute atomic E-state index is 5.70. The first-order chi connectivity index (χ1) is 9.36. The van der Waals surface area contributed by atoms with Crippen LogP contribution in [0.25, 0.3) is 22.2 Å². The Morgan fingerprint density at radius 3 is 2.68 bits per heavy atom. The molecule has 0 unspecified atom stereocenters. The minimum atomic E-state index is 0.606. The average Bonchev–Trinajstić information content (AvgIpc) is 2.93. The van der Waals surface area contributed by atoms with Crippen LogP contribution in [0.5, 0.6) is 0 Å². The standard InChI is InChI=1S/C15H13IN2O/c16-9-3-6-14-17-18-15(19-14)13-8-7-11-4-1-2-5-12(11)10-13/h1-2,4-5,7-8,10H,3,6,9H2. The molecule has 0 radical (unpaired) electrons. The number of rotatable bonds is 4. The normalized spacial score (nSPS) is 11.0. The van der Waals surface area contributed by atoms with Gasteiger partial charge in [0, 0.05) is 16.4 Å². The molecule has 1 heterocycles. The quantitative estimate of drug-likeness (QED) is 0.513. The Hall–Kier alpha value is -1.43. The molecule has 1 aromatic heterocycles. The van der Waals surface area contributed by atoms with E-state index < -0.39 is 0 Å². The number of hydrogen-bond acceptors (Lipinski definition) is 3. The van der Waals surface area contributed by atoms with E-state index in [1.807, 2.05) is 18.2 Å². The number of nitrogens with zero attached hydrogens (tertiary/aromatic N) is 2. The molecule has 2 aromatic carbocycles. The summed E-state index contributed by atoms with van der Waals surface area (Å²) in [5.41, 5.74) is 0.979. The van der Waals surface area contributed by atoms with E-state index in [1.165, 1.54) is 10.8 Å². The summed E-state index contributed by atoms with van der Waals surface area (Å²) in [5, 5.41) is 10.6. The van der Waals surface area contributed by atoms with Gasteiger partial charge in [0.05, 0.1) is 0 Å². The van der Waals surface area contributed by atoms with Crippen molar-refractivity contribution in [3.8, 4) is 11.5 Å². The molecule has 0 aliphatic rings. The maximum Gasteiger partial charge on any atom is 0.247 e. The molecule has 0 N–H and O–H groups in total. The zero-order valence-corrected chi connectivity index (χ0v) is 12.5. The molecular weight excluding hydrogens is 351 g/mol. The molecular formula is C15H13IN2O. The van der Waals surface area contributed by atoms with Crippen molar-refractivity contribution in [1.82, 2.24) is 10.2 Å². The smallest absolute Gasteiger partial charge is 0.247 e. The van der Waals surface area contributed by atoms with Gasteiger partial charge in [0.25, 0.3) is 0 Å². The third-order valence-corrected chi connectivity index (χ3v) is 3.75. The molecule has 3 rings (SSSR count). The summed E-state index contributed by atoms with van der Waals surface area (Å²) in [7, 11) is 0. The molecule has 0 bridgehead atoms. The number of halogens is 1. The highest BCUT2D eigenvalue weighted by molar-refractivity contribution is 14.1. The van der Waals surface area contributed by atoms with Crippen LogP contribution < -0.4 is 0 Å². The van der Waals surface area contributed by atoms with E-state index in [4.69, 9.17) is 4.42 Å². The third-order valence-electron chi connectivity index (χ3n) is 2.99. The van der Waals surface area contributed by atoms with E-state index in [9.17, 15) is 0 Å². The summed E-state index contributed by atoms with van der Waals surface area (Å²) in [4.78, 5) is 0. The highest BCUT2D eigenvalue weighted by atomic mass is 127. The number of benzene rings is 2. The summed E-state index contributed by atoms with van der Waals surface area (Å²) in [6.07, 6.45) is 1.92. The number of alkyl halides is 1. The van der Waals surface area contributed by atoms with Crippen LogP contribution >= 0.6 is 22.6 Å². The Morgan fingerprint density at radius 1 is 1.00 bits per heavy atom. The molecule has 0 aliphatic heterocycles. The average molecular weight is 364 g/mol. The highest BCUT2D eigenvalue weighted by Crippen LogP contribution is 2.23. The first-order valence-electron chi connectivity index (χ1n) is 6.24. The van der Waals surface area contributed by atoms with Crippen molar-refractivity contribution in [3.63, 3.8) is 0 Å². The molecule has 4 heteroatoms. The zero-order chi connectivity index (χ0) is 13.1. The Morgan fingerprint density at radius 2 is 1.84 bits per heavy atom. The summed E-state index contributed by atoms with van der Waals surface area (Å²) in [6, 6.07) is 14.5. The van der Waals surface area contributed by atoms with Crippen molar-refractivity contribution in [3.05, 3.63) is 48.4 Å². The van der Waals surface area contributed by atoms with Crippen LogP contribution in [-0.2, 0) is 6.42 Å². The maximum atomic E-state index is 5.70. The number of aryl methyl sites for hydroxylation is 1. The molecule has 0 atom stereocenters. The molecule has 96 valence electrons. The fourth-order valence-electron chi connectivity index (χ4n) is 2.01. The van der Waals surface area contributed by atoms with Crippen LogP contribution in [0.1, 0.15) is 12.3 Å². The van der Waals surface area contributed by atoms with E-state index in [2.05, 4.69) is 57.1 Å². The Balaban J connectivity index is 1.92. The largest absolute Gasteiger partial charge is 0.421 e. The fourth-order valence-corrected chi connectivity index (χ4v) is 2.39. The molecule has 0 spiro atoms. The highest BCUT2D eigenvalue weighted by Gasteiger charge is 2.08. The third kappa shape index (κ3) is 2.78. The lowest BCUT2D eigenvalue weighted by Crippen LogP contribution is -1.85. The van der Waals surface area contributed by atoms with Gasteiger partial charge in [-0.3, -0.25) is 0 Å². The first-order valence-corrected chi connectivity index (χ1v) is 7.77. The molecule has 0 fully saturated rings. The van der Waals surface area contributed by atoms with Gasteiger partial charge in [0.15, 0.2) is 0 Å². The van der Waals surface area contributed by atoms with E-state index >= 15 is 0 Å². The number of aromatic nitrogens is 2. The lowest BCUT2D eigenvalue weighted by molar-refractivity contribution is 0.503. The van der Waals surface area contributed by atoms with E-state index in [-0.39, 0.29) is 0 Å². The summed E-state index contributed by atoms with van der Waals surface area (Å²) in [5.74, 6) is 1.33. The second-order valence-electron chi connectivity index (χ2n) is 4.36. The molecule has 0 amide bonds. The van der Waals surface area contributed by atoms with Crippen LogP contribution in [0.3, 0.4) is 0 Å². The molecule has 3 aromatic rings. The lowest BCUT2D eigenvalue weighted by Gasteiger charge is -1.99. The first kappa shape index (κ1) is 12.6. The van der Waals surface area contributed by atoms with Crippen molar-refractivity contribution in [2.24, 2.45) is 0 Å². The molecule has 0 saturated carbocycles. The van der Waals surface area contributed by atoms with Gasteiger partial charge in [0.1, 0.15) is 0 Å². The van der Waals surface area contributed by atoms with Gasteiger partial charge in [-0.1, -0.05) is 52.9 Å². The summed E-state index contributed by atoms with van der Waals surface area (Å²) in [6.45, 7) is 0. The van der Waals surface area contributed by atoms with Gasteiger partial charge in [0.2, 0.25) is 11.8 Å². The van der Waals surface area contributed by atoms with Crippen molar-refractivity contribution in [2.45, 2.75) is 12.8 Å². The van der Waals surface area contributed by atoms with E-state index in [0.29, 0.717) is 5.89 Å². The van der Waals surface area contributed by atoms with Crippen LogP contribution in [0.15, 0.2) is 46.9 Å². The molecule has 0 aliphatic carbocycles. The topological polar surface area (TPSA) is 38.9 Å².